The second-order valence-electron chi connectivity index (χ2n) is 12.2. The number of fused-ring (bicyclic) bond motifs is 3. The fraction of sp³-hybridized carbons (Fsp3) is 0.552. The lowest BCUT2D eigenvalue weighted by Crippen LogP contribution is -2.63. The van der Waals surface area contributed by atoms with Crippen LogP contribution in [0.4, 0.5) is 13.2 Å². The first-order valence-corrected chi connectivity index (χ1v) is 13.8. The van der Waals surface area contributed by atoms with Crippen LogP contribution in [0.5, 0.6) is 5.75 Å². The summed E-state index contributed by atoms with van der Waals surface area (Å²) in [6.07, 6.45) is -3.96. The van der Waals surface area contributed by atoms with E-state index in [1.54, 1.807) is 0 Å². The van der Waals surface area contributed by atoms with Gasteiger partial charge >= 0.3 is 6.18 Å². The van der Waals surface area contributed by atoms with E-state index >= 15 is 0 Å². The van der Waals surface area contributed by atoms with Gasteiger partial charge in [0.1, 0.15) is 22.8 Å². The number of ketones is 2. The third-order valence-electron chi connectivity index (χ3n) is 9.36. The van der Waals surface area contributed by atoms with Crippen LogP contribution in [-0.4, -0.2) is 86.5 Å². The van der Waals surface area contributed by atoms with Crippen LogP contribution in [0.15, 0.2) is 28.7 Å². The van der Waals surface area contributed by atoms with Crippen molar-refractivity contribution in [2.75, 3.05) is 27.2 Å². The first-order chi connectivity index (χ1) is 19.5. The summed E-state index contributed by atoms with van der Waals surface area (Å²) in [7, 11) is 2.95. The fourth-order valence-corrected chi connectivity index (χ4v) is 7.33. The summed E-state index contributed by atoms with van der Waals surface area (Å²) >= 11 is 0. The third kappa shape index (κ3) is 4.40. The number of halogens is 3. The van der Waals surface area contributed by atoms with Gasteiger partial charge in [-0.3, -0.25) is 24.2 Å². The summed E-state index contributed by atoms with van der Waals surface area (Å²) in [4.78, 5) is 42.5. The van der Waals surface area contributed by atoms with Gasteiger partial charge in [-0.25, -0.2) is 0 Å². The van der Waals surface area contributed by atoms with Gasteiger partial charge in [0.15, 0.2) is 11.4 Å². The lowest BCUT2D eigenvalue weighted by Gasteiger charge is -2.50. The number of carbonyl (C=O) groups excluding carboxylic acids is 3. The van der Waals surface area contributed by atoms with E-state index in [1.807, 2.05) is 4.90 Å². The lowest BCUT2D eigenvalue weighted by molar-refractivity contribution is -0.148. The van der Waals surface area contributed by atoms with Gasteiger partial charge in [0.25, 0.3) is 5.91 Å². The molecule has 1 amide bonds. The average molecular weight is 594 g/mol. The molecule has 0 spiro atoms. The number of Topliss-reactive ketones (excluding diaryl/α,β-unsaturated/α-hetero) is 2. The molecule has 5 rings (SSSR count). The van der Waals surface area contributed by atoms with Crippen LogP contribution in [0.3, 0.4) is 0 Å². The minimum atomic E-state index is -4.88. The van der Waals surface area contributed by atoms with Crippen molar-refractivity contribution in [3.05, 3.63) is 51.0 Å². The van der Waals surface area contributed by atoms with Crippen molar-refractivity contribution in [1.82, 2.24) is 9.80 Å². The second kappa shape index (κ2) is 10.1. The van der Waals surface area contributed by atoms with Crippen molar-refractivity contribution in [1.29, 1.82) is 0 Å². The topological polar surface area (TPSA) is 165 Å². The molecule has 13 heteroatoms. The molecular weight excluding hydrogens is 559 g/mol. The molecular formula is C29H34F3N3O7. The number of amides is 1. The van der Waals surface area contributed by atoms with E-state index in [-0.39, 0.29) is 18.5 Å². The van der Waals surface area contributed by atoms with Crippen LogP contribution < -0.4 is 5.73 Å². The molecule has 0 saturated carbocycles. The minimum Gasteiger partial charge on any atom is -0.510 e. The van der Waals surface area contributed by atoms with E-state index in [0.29, 0.717) is 19.0 Å². The van der Waals surface area contributed by atoms with Crippen LogP contribution in [0, 0.1) is 17.8 Å². The van der Waals surface area contributed by atoms with Crippen molar-refractivity contribution in [3.63, 3.8) is 0 Å². The monoisotopic (exact) mass is 593 g/mol. The Balaban J connectivity index is 1.67. The molecule has 0 radical (unpaired) electrons. The zero-order chi connectivity index (χ0) is 31.0. The summed E-state index contributed by atoms with van der Waals surface area (Å²) in [5, 5.41) is 44.7. The van der Waals surface area contributed by atoms with Gasteiger partial charge in [0.05, 0.1) is 17.2 Å². The molecule has 6 N–H and O–H groups in total. The Hall–Kier alpha value is -3.42. The molecule has 1 aromatic carbocycles. The minimum absolute atomic E-state index is 0.0800. The van der Waals surface area contributed by atoms with Crippen molar-refractivity contribution >= 4 is 17.5 Å². The summed E-state index contributed by atoms with van der Waals surface area (Å²) in [5.74, 6) is -8.48. The normalized spacial score (nSPS) is 29.1. The van der Waals surface area contributed by atoms with E-state index in [4.69, 9.17) is 5.73 Å². The van der Waals surface area contributed by atoms with Crippen molar-refractivity contribution in [2.45, 2.75) is 57.0 Å². The standard InChI is InChI=1S/C29H34F3N3O7/c1-12-4-6-35(7-5-12)11-14-10-17(36)19-15(21(14)29(30,31)32)8-13-9-16-22(34(2)3)24(38)20(27(33)41)26(40)28(16,42)25(39)18(13)23(19)37/h10,12-13,16,22,36,38-39,42H,4-9,11H2,1-3H3,(H2,33,41)/t13-,16-,22-,28-/m0/s1. The van der Waals surface area contributed by atoms with Crippen molar-refractivity contribution < 1.29 is 48.0 Å². The maximum absolute atomic E-state index is 14.7. The molecule has 42 heavy (non-hydrogen) atoms. The summed E-state index contributed by atoms with van der Waals surface area (Å²) in [5.41, 5.74) is -1.28. The highest BCUT2D eigenvalue weighted by atomic mass is 19.4. The zero-order valence-electron chi connectivity index (χ0n) is 23.5. The van der Waals surface area contributed by atoms with E-state index < -0.39 is 98.7 Å². The third-order valence-corrected chi connectivity index (χ3v) is 9.36. The van der Waals surface area contributed by atoms with Crippen molar-refractivity contribution in [3.8, 4) is 5.75 Å². The number of phenols is 1. The Labute approximate surface area is 239 Å². The quantitative estimate of drug-likeness (QED) is 0.330. The molecule has 0 unspecified atom stereocenters. The SMILES string of the molecule is CC1CCN(Cc2cc(O)c3c(c2C(F)(F)F)C[C@H]2C[C@H]4[C@H](N(C)C)C(O)=C(C(N)=O)C(=O)[C@@]4(O)C(O)=C2C3=O)CC1. The number of carbonyl (C=O) groups is 3. The number of hydrogen-bond donors (Lipinski definition) is 5. The number of likely N-dealkylation sites (N-methyl/N-ethyl adjacent to an activating group) is 1. The molecule has 4 aliphatic rings. The molecule has 1 saturated heterocycles. The highest BCUT2D eigenvalue weighted by Crippen LogP contribution is 2.54. The molecule has 1 aliphatic heterocycles. The molecule has 1 aromatic rings. The Morgan fingerprint density at radius 1 is 1.17 bits per heavy atom. The highest BCUT2D eigenvalue weighted by molar-refractivity contribution is 6.24. The fourth-order valence-electron chi connectivity index (χ4n) is 7.33. The summed E-state index contributed by atoms with van der Waals surface area (Å²) < 4.78 is 44.1. The number of likely N-dealkylation sites (tertiary alicyclic amines) is 1. The van der Waals surface area contributed by atoms with Crippen LogP contribution in [0.25, 0.3) is 0 Å². The van der Waals surface area contributed by atoms with Crippen LogP contribution in [0.2, 0.25) is 0 Å². The number of aliphatic hydroxyl groups is 3. The highest BCUT2D eigenvalue weighted by Gasteiger charge is 2.63. The van der Waals surface area contributed by atoms with Gasteiger partial charge in [-0.2, -0.15) is 13.2 Å². The first-order valence-electron chi connectivity index (χ1n) is 13.8. The largest absolute Gasteiger partial charge is 0.510 e. The lowest BCUT2D eigenvalue weighted by atomic mass is 9.58. The zero-order valence-corrected chi connectivity index (χ0v) is 23.5. The predicted molar refractivity (Wildman–Crippen MR) is 142 cm³/mol. The molecule has 0 aromatic heterocycles. The number of primary amides is 1. The van der Waals surface area contributed by atoms with Gasteiger partial charge < -0.3 is 26.2 Å². The Kier molecular flexibility index (Phi) is 7.22. The van der Waals surface area contributed by atoms with Gasteiger partial charge in [0.2, 0.25) is 5.78 Å². The molecule has 4 atom stereocenters. The second-order valence-corrected chi connectivity index (χ2v) is 12.2. The molecule has 3 aliphatic carbocycles. The predicted octanol–water partition coefficient (Wildman–Crippen LogP) is 2.37. The first kappa shape index (κ1) is 30.1. The van der Waals surface area contributed by atoms with Gasteiger partial charge in [-0.05, 0) is 81.9 Å². The van der Waals surface area contributed by atoms with E-state index in [2.05, 4.69) is 6.92 Å². The number of aromatic hydroxyl groups is 1. The van der Waals surface area contributed by atoms with Crippen molar-refractivity contribution in [2.24, 2.45) is 23.5 Å². The van der Waals surface area contributed by atoms with E-state index in [0.717, 1.165) is 18.9 Å². The van der Waals surface area contributed by atoms with E-state index in [1.165, 1.54) is 19.0 Å². The average Bonchev–Trinajstić information content (AvgIpc) is 2.86. The number of phenolic OH excluding ortho intramolecular Hbond substituents is 1. The summed E-state index contributed by atoms with van der Waals surface area (Å²) in [6.45, 7) is 3.17. The maximum atomic E-state index is 14.7. The Morgan fingerprint density at radius 2 is 1.79 bits per heavy atom. The number of rotatable bonds is 4. The molecule has 1 fully saturated rings. The van der Waals surface area contributed by atoms with Crippen LogP contribution >= 0.6 is 0 Å². The Morgan fingerprint density at radius 3 is 2.33 bits per heavy atom. The maximum Gasteiger partial charge on any atom is 0.417 e. The number of piperidine rings is 1. The summed E-state index contributed by atoms with van der Waals surface area (Å²) in [6, 6.07) is -0.311. The van der Waals surface area contributed by atoms with Crippen LogP contribution in [-0.2, 0) is 28.7 Å². The van der Waals surface area contributed by atoms with Gasteiger partial charge in [-0.1, -0.05) is 6.92 Å². The number of hydrogen-bond acceptors (Lipinski definition) is 9. The molecule has 1 heterocycles. The Bertz CT molecular complexity index is 1440. The molecule has 0 bridgehead atoms. The number of nitrogens with zero attached hydrogens (tertiary/aromatic N) is 2. The number of aliphatic hydroxyl groups excluding tert-OH is 2. The number of allylic oxidation sites excluding steroid dienone is 1. The van der Waals surface area contributed by atoms with E-state index in [9.17, 15) is 48.0 Å². The molecule has 228 valence electrons. The van der Waals surface area contributed by atoms with Gasteiger partial charge in [-0.15, -0.1) is 0 Å². The number of benzene rings is 1. The number of alkyl halides is 3. The number of nitrogens with two attached hydrogens (primary N) is 1. The molecule has 10 nitrogen and oxygen atoms in total. The van der Waals surface area contributed by atoms with Gasteiger partial charge in [0, 0.05) is 18.0 Å². The smallest absolute Gasteiger partial charge is 0.417 e. The van der Waals surface area contributed by atoms with Crippen LogP contribution in [0.1, 0.15) is 53.2 Å².